The van der Waals surface area contributed by atoms with Crippen molar-refractivity contribution in [2.24, 2.45) is 0 Å². The third kappa shape index (κ3) is 4.82. The van der Waals surface area contributed by atoms with Gasteiger partial charge in [0.15, 0.2) is 18.2 Å². The van der Waals surface area contributed by atoms with Gasteiger partial charge < -0.3 is 18.9 Å². The van der Waals surface area contributed by atoms with E-state index in [9.17, 15) is 19.3 Å². The van der Waals surface area contributed by atoms with Crippen LogP contribution in [0.15, 0.2) is 36.4 Å². The number of carbonyl (C=O) groups excluding carboxylic acids is 1. The molecule has 138 valence electrons. The first-order chi connectivity index (χ1) is 12.4. The van der Waals surface area contributed by atoms with Crippen LogP contribution in [-0.2, 0) is 16.1 Å². The minimum absolute atomic E-state index is 0.00887. The molecule has 0 N–H and O–H groups in total. The Morgan fingerprint density at radius 2 is 1.85 bits per heavy atom. The van der Waals surface area contributed by atoms with Crippen LogP contribution in [0.1, 0.15) is 5.56 Å². The normalized spacial score (nSPS) is 10.1. The van der Waals surface area contributed by atoms with E-state index >= 15 is 0 Å². The Hall–Kier alpha value is -3.36. The highest BCUT2D eigenvalue weighted by Crippen LogP contribution is 2.30. The van der Waals surface area contributed by atoms with Gasteiger partial charge in [-0.3, -0.25) is 10.1 Å². The number of nitrogens with zero attached hydrogens (tertiary/aromatic N) is 1. The van der Waals surface area contributed by atoms with Gasteiger partial charge in [0.05, 0.1) is 19.1 Å². The lowest BCUT2D eigenvalue weighted by Crippen LogP contribution is -2.15. The molecule has 0 atom stereocenters. The fourth-order valence-electron chi connectivity index (χ4n) is 2.05. The lowest BCUT2D eigenvalue weighted by atomic mass is 10.2. The van der Waals surface area contributed by atoms with E-state index in [0.29, 0.717) is 5.56 Å². The van der Waals surface area contributed by atoms with Crippen LogP contribution in [0.3, 0.4) is 0 Å². The van der Waals surface area contributed by atoms with Gasteiger partial charge in [0.1, 0.15) is 12.4 Å². The predicted octanol–water partition coefficient (Wildman–Crippen LogP) is 2.87. The van der Waals surface area contributed by atoms with E-state index in [2.05, 4.69) is 0 Å². The molecule has 0 saturated heterocycles. The highest BCUT2D eigenvalue weighted by atomic mass is 19.1. The van der Waals surface area contributed by atoms with Crippen molar-refractivity contribution in [2.45, 2.75) is 6.61 Å². The van der Waals surface area contributed by atoms with Crippen molar-refractivity contribution in [3.63, 3.8) is 0 Å². The Labute approximate surface area is 148 Å². The monoisotopic (exact) mass is 365 g/mol. The van der Waals surface area contributed by atoms with Crippen molar-refractivity contribution >= 4 is 11.7 Å². The van der Waals surface area contributed by atoms with Crippen LogP contribution in [0.25, 0.3) is 0 Å². The molecule has 0 saturated carbocycles. The maximum absolute atomic E-state index is 13.6. The minimum atomic E-state index is -0.682. The molecule has 0 unspecified atom stereocenters. The molecular formula is C17H16FNO7. The van der Waals surface area contributed by atoms with Gasteiger partial charge in [-0.25, -0.2) is 9.18 Å². The number of rotatable bonds is 8. The summed E-state index contributed by atoms with van der Waals surface area (Å²) >= 11 is 0. The summed E-state index contributed by atoms with van der Waals surface area (Å²) in [5.74, 6) is -0.932. The number of carbonyl (C=O) groups is 1. The van der Waals surface area contributed by atoms with E-state index < -0.39 is 23.3 Å². The summed E-state index contributed by atoms with van der Waals surface area (Å²) in [5, 5.41) is 10.8. The third-order valence-corrected chi connectivity index (χ3v) is 3.32. The van der Waals surface area contributed by atoms with Gasteiger partial charge in [-0.2, -0.15) is 0 Å². The molecule has 0 aliphatic rings. The summed E-state index contributed by atoms with van der Waals surface area (Å²) in [5.41, 5.74) is 0.234. The molecular weight excluding hydrogens is 349 g/mol. The van der Waals surface area contributed by atoms with Crippen molar-refractivity contribution in [3.8, 4) is 17.2 Å². The fourth-order valence-corrected chi connectivity index (χ4v) is 2.05. The van der Waals surface area contributed by atoms with Crippen LogP contribution in [0.4, 0.5) is 10.1 Å². The summed E-state index contributed by atoms with van der Waals surface area (Å²) in [6, 6.07) is 8.04. The number of hydrogen-bond acceptors (Lipinski definition) is 7. The van der Waals surface area contributed by atoms with E-state index in [1.54, 1.807) is 6.07 Å². The minimum Gasteiger partial charge on any atom is -0.494 e. The molecule has 0 fully saturated rings. The molecule has 2 aromatic rings. The summed E-state index contributed by atoms with van der Waals surface area (Å²) in [6.07, 6.45) is 0. The Morgan fingerprint density at radius 1 is 1.12 bits per heavy atom. The van der Waals surface area contributed by atoms with Crippen molar-refractivity contribution in [1.29, 1.82) is 0 Å². The van der Waals surface area contributed by atoms with Crippen LogP contribution in [0, 0.1) is 15.9 Å². The number of nitro groups is 1. The lowest BCUT2D eigenvalue weighted by molar-refractivity contribution is -0.385. The van der Waals surface area contributed by atoms with E-state index in [1.807, 2.05) is 0 Å². The molecule has 8 nitrogen and oxygen atoms in total. The molecule has 2 aromatic carbocycles. The number of hydrogen-bond donors (Lipinski definition) is 0. The first kappa shape index (κ1) is 19.0. The highest BCUT2D eigenvalue weighted by Gasteiger charge is 2.16. The van der Waals surface area contributed by atoms with Gasteiger partial charge in [-0.05, 0) is 23.8 Å². The number of nitro benzene ring substituents is 1. The Kier molecular flexibility index (Phi) is 6.31. The fraction of sp³-hybridized carbons (Fsp3) is 0.235. The van der Waals surface area contributed by atoms with Gasteiger partial charge >= 0.3 is 11.7 Å². The molecule has 0 bridgehead atoms. The Bertz CT molecular complexity index is 810. The summed E-state index contributed by atoms with van der Waals surface area (Å²) in [4.78, 5) is 21.9. The third-order valence-electron chi connectivity index (χ3n) is 3.32. The molecule has 0 aliphatic carbocycles. The van der Waals surface area contributed by atoms with Crippen molar-refractivity contribution in [2.75, 3.05) is 20.8 Å². The molecule has 0 radical (unpaired) electrons. The first-order valence-electron chi connectivity index (χ1n) is 7.38. The standard InChI is InChI=1S/C17H16FNO7/c1-23-15-6-3-11(7-13(15)18)9-26-17(20)10-25-12-4-5-14(19(21)22)16(8-12)24-2/h3-8H,9-10H2,1-2H3. The van der Waals surface area contributed by atoms with E-state index in [0.717, 1.165) is 0 Å². The largest absolute Gasteiger partial charge is 0.494 e. The van der Waals surface area contributed by atoms with E-state index in [1.165, 1.54) is 44.6 Å². The van der Waals surface area contributed by atoms with Crippen LogP contribution >= 0.6 is 0 Å². The SMILES string of the molecule is COc1ccc(COC(=O)COc2ccc([N+](=O)[O-])c(OC)c2)cc1F. The van der Waals surface area contributed by atoms with Crippen molar-refractivity contribution in [1.82, 2.24) is 0 Å². The number of benzene rings is 2. The number of ether oxygens (including phenoxy) is 4. The molecule has 2 rings (SSSR count). The topological polar surface area (TPSA) is 97.1 Å². The zero-order chi connectivity index (χ0) is 19.1. The van der Waals surface area contributed by atoms with E-state index in [4.69, 9.17) is 18.9 Å². The van der Waals surface area contributed by atoms with Gasteiger partial charge in [-0.1, -0.05) is 6.07 Å². The molecule has 9 heteroatoms. The molecule has 0 amide bonds. The van der Waals surface area contributed by atoms with Crippen LogP contribution in [0.5, 0.6) is 17.2 Å². The maximum atomic E-state index is 13.6. The molecule has 0 aromatic heterocycles. The number of esters is 1. The second-order valence-corrected chi connectivity index (χ2v) is 5.01. The van der Waals surface area contributed by atoms with Crippen LogP contribution < -0.4 is 14.2 Å². The Balaban J connectivity index is 1.89. The molecule has 26 heavy (non-hydrogen) atoms. The zero-order valence-electron chi connectivity index (χ0n) is 14.1. The second-order valence-electron chi connectivity index (χ2n) is 5.01. The predicted molar refractivity (Wildman–Crippen MR) is 87.9 cm³/mol. The molecule has 0 heterocycles. The summed E-state index contributed by atoms with van der Waals surface area (Å²) in [6.45, 7) is -0.549. The summed E-state index contributed by atoms with van der Waals surface area (Å²) < 4.78 is 33.5. The van der Waals surface area contributed by atoms with Gasteiger partial charge in [0.25, 0.3) is 0 Å². The highest BCUT2D eigenvalue weighted by molar-refractivity contribution is 5.71. The molecule has 0 spiro atoms. The lowest BCUT2D eigenvalue weighted by Gasteiger charge is -2.09. The first-order valence-corrected chi connectivity index (χ1v) is 7.38. The van der Waals surface area contributed by atoms with Crippen LogP contribution in [0.2, 0.25) is 0 Å². The molecule has 0 aliphatic heterocycles. The van der Waals surface area contributed by atoms with E-state index in [-0.39, 0.29) is 29.5 Å². The smallest absolute Gasteiger partial charge is 0.344 e. The average Bonchev–Trinajstić information content (AvgIpc) is 2.64. The Morgan fingerprint density at radius 3 is 2.46 bits per heavy atom. The number of methoxy groups -OCH3 is 2. The van der Waals surface area contributed by atoms with Crippen LogP contribution in [-0.4, -0.2) is 31.7 Å². The van der Waals surface area contributed by atoms with Gasteiger partial charge in [0.2, 0.25) is 5.75 Å². The van der Waals surface area contributed by atoms with Gasteiger partial charge in [-0.15, -0.1) is 0 Å². The van der Waals surface area contributed by atoms with Gasteiger partial charge in [0, 0.05) is 12.1 Å². The average molecular weight is 365 g/mol. The quantitative estimate of drug-likeness (QED) is 0.403. The zero-order valence-corrected chi connectivity index (χ0v) is 14.1. The second kappa shape index (κ2) is 8.65. The summed E-state index contributed by atoms with van der Waals surface area (Å²) in [7, 11) is 2.64. The maximum Gasteiger partial charge on any atom is 0.344 e. The van der Waals surface area contributed by atoms with Crippen molar-refractivity contribution in [3.05, 3.63) is 57.9 Å². The number of halogens is 1. The van der Waals surface area contributed by atoms with Crippen molar-refractivity contribution < 1.29 is 33.1 Å².